The third-order valence-corrected chi connectivity index (χ3v) is 2.82. The molecule has 1 N–H and O–H groups in total. The van der Waals surface area contributed by atoms with Crippen LogP contribution in [0.5, 0.6) is 0 Å². The number of aliphatic hydroxyl groups excluding tert-OH is 1. The van der Waals surface area contributed by atoms with Crippen molar-refractivity contribution in [2.45, 2.75) is 52.1 Å². The highest BCUT2D eigenvalue weighted by Gasteiger charge is 2.42. The van der Waals surface area contributed by atoms with Crippen LogP contribution in [-0.4, -0.2) is 65.4 Å². The fourth-order valence-corrected chi connectivity index (χ4v) is 2.05. The van der Waals surface area contributed by atoms with Crippen molar-refractivity contribution in [2.75, 3.05) is 6.61 Å². The highest BCUT2D eigenvalue weighted by Crippen LogP contribution is 2.18. The molecule has 0 aromatic heterocycles. The minimum Gasteiger partial charge on any atom is -0.456 e. The average Bonchev–Trinajstić information content (AvgIpc) is 2.45. The highest BCUT2D eigenvalue weighted by molar-refractivity contribution is 7.79. The summed E-state index contributed by atoms with van der Waals surface area (Å²) in [5.74, 6) is -3.08. The summed E-state index contributed by atoms with van der Waals surface area (Å²) in [6.07, 6.45) is -5.48. The molecule has 0 rings (SSSR count). The Morgan fingerprint density at radius 2 is 1.25 bits per heavy atom. The van der Waals surface area contributed by atoms with E-state index in [9.17, 15) is 24.3 Å². The van der Waals surface area contributed by atoms with Crippen molar-refractivity contribution < 1.29 is 43.2 Å². The van der Waals surface area contributed by atoms with Crippen molar-refractivity contribution in [1.29, 1.82) is 0 Å². The first-order valence-electron chi connectivity index (χ1n) is 6.87. The van der Waals surface area contributed by atoms with Crippen molar-refractivity contribution >= 4 is 41.5 Å². The van der Waals surface area contributed by atoms with Crippen molar-refractivity contribution in [2.24, 2.45) is 0 Å². The van der Waals surface area contributed by atoms with E-state index >= 15 is 0 Å². The Kier molecular flexibility index (Phi) is 9.74. The number of carbonyl (C=O) groups excluding carboxylic acids is 4. The molecule has 0 radical (unpaired) electrons. The Hall–Kier alpha value is -2.07. The van der Waals surface area contributed by atoms with Gasteiger partial charge in [0.15, 0.2) is 24.4 Å². The zero-order valence-corrected chi connectivity index (χ0v) is 14.5. The van der Waals surface area contributed by atoms with E-state index in [0.717, 1.165) is 33.1 Å². The van der Waals surface area contributed by atoms with Crippen LogP contribution in [-0.2, 0) is 38.1 Å². The van der Waals surface area contributed by atoms with Crippen LogP contribution in [0.4, 0.5) is 0 Å². The van der Waals surface area contributed by atoms with Gasteiger partial charge in [0.05, 0.1) is 6.61 Å². The first-order valence-corrected chi connectivity index (χ1v) is 7.34. The van der Waals surface area contributed by atoms with Gasteiger partial charge in [-0.3, -0.25) is 19.2 Å². The zero-order chi connectivity index (χ0) is 18.9. The molecule has 0 aromatic rings. The van der Waals surface area contributed by atoms with Crippen LogP contribution in [0.1, 0.15) is 27.7 Å². The Bertz CT molecular complexity index is 491. The van der Waals surface area contributed by atoms with Crippen LogP contribution in [0.25, 0.3) is 0 Å². The van der Waals surface area contributed by atoms with E-state index < -0.39 is 54.9 Å². The lowest BCUT2D eigenvalue weighted by atomic mass is 10.0. The molecule has 0 unspecified atom stereocenters. The predicted octanol–water partition coefficient (Wildman–Crippen LogP) is -0.295. The Labute approximate surface area is 144 Å². The summed E-state index contributed by atoms with van der Waals surface area (Å²) < 4.78 is 19.9. The summed E-state index contributed by atoms with van der Waals surface area (Å²) in [7, 11) is 0. The standard InChI is InChI=1S/C14H20O9S/c1-7(16)20-11(5-15)13(22-9(3)18)14(23-10(4)19)12(6-24)21-8(2)17/h6,11-15H,5H2,1-4H3/t11-,12+,13-,14-/m1/s1. The fraction of sp³-hybridized carbons (Fsp3) is 0.643. The van der Waals surface area contributed by atoms with E-state index in [2.05, 4.69) is 0 Å². The highest BCUT2D eigenvalue weighted by atomic mass is 32.1. The van der Waals surface area contributed by atoms with E-state index in [0.29, 0.717) is 0 Å². The van der Waals surface area contributed by atoms with Gasteiger partial charge in [0, 0.05) is 33.1 Å². The zero-order valence-electron chi connectivity index (χ0n) is 13.7. The van der Waals surface area contributed by atoms with Gasteiger partial charge >= 0.3 is 23.9 Å². The second-order valence-electron chi connectivity index (χ2n) is 4.69. The smallest absolute Gasteiger partial charge is 0.303 e. The molecule has 24 heavy (non-hydrogen) atoms. The lowest BCUT2D eigenvalue weighted by Gasteiger charge is -2.33. The van der Waals surface area contributed by atoms with E-state index in [-0.39, 0.29) is 0 Å². The Morgan fingerprint density at radius 1 is 0.833 bits per heavy atom. The van der Waals surface area contributed by atoms with Crippen molar-refractivity contribution in [3.8, 4) is 0 Å². The van der Waals surface area contributed by atoms with E-state index in [4.69, 9.17) is 31.2 Å². The Morgan fingerprint density at radius 3 is 1.58 bits per heavy atom. The van der Waals surface area contributed by atoms with Crippen molar-refractivity contribution in [3.63, 3.8) is 0 Å². The maximum atomic E-state index is 11.4. The van der Waals surface area contributed by atoms with Crippen LogP contribution in [0.15, 0.2) is 0 Å². The summed E-state index contributed by atoms with van der Waals surface area (Å²) in [4.78, 5) is 45.1. The van der Waals surface area contributed by atoms with Crippen molar-refractivity contribution in [1.82, 2.24) is 0 Å². The lowest BCUT2D eigenvalue weighted by Crippen LogP contribution is -2.53. The van der Waals surface area contributed by atoms with E-state index in [1.54, 1.807) is 0 Å². The van der Waals surface area contributed by atoms with Crippen LogP contribution in [0.3, 0.4) is 0 Å². The van der Waals surface area contributed by atoms with Crippen molar-refractivity contribution in [3.05, 3.63) is 0 Å². The van der Waals surface area contributed by atoms with Crippen LogP contribution in [0.2, 0.25) is 0 Å². The molecule has 9 nitrogen and oxygen atoms in total. The number of thiocarbonyl (C=S) groups is 1. The topological polar surface area (TPSA) is 125 Å². The van der Waals surface area contributed by atoms with Crippen LogP contribution >= 0.6 is 12.2 Å². The molecule has 0 spiro atoms. The van der Waals surface area contributed by atoms with Gasteiger partial charge in [-0.25, -0.2) is 0 Å². The minimum atomic E-state index is -1.44. The molecule has 10 heteroatoms. The number of rotatable bonds is 9. The van der Waals surface area contributed by atoms with Gasteiger partial charge in [0.25, 0.3) is 0 Å². The first-order chi connectivity index (χ1) is 11.1. The number of aliphatic hydroxyl groups is 1. The summed E-state index contributed by atoms with van der Waals surface area (Å²) >= 11 is 4.76. The van der Waals surface area contributed by atoms with Crippen LogP contribution in [0, 0.1) is 0 Å². The SMILES string of the molecule is CC(=O)O[C@@H]([C@H](OC(C)=O)[C@@H](CO)OC(C)=O)[C@H](C=S)OC(C)=O. The predicted molar refractivity (Wildman–Crippen MR) is 83.0 cm³/mol. The molecule has 0 aliphatic heterocycles. The second kappa shape index (κ2) is 10.7. The molecule has 4 atom stereocenters. The summed E-state index contributed by atoms with van der Waals surface area (Å²) in [6.45, 7) is 3.59. The number of hydrogen-bond acceptors (Lipinski definition) is 10. The van der Waals surface area contributed by atoms with Gasteiger partial charge in [0.1, 0.15) is 0 Å². The molecule has 0 bridgehead atoms. The molecule has 0 saturated heterocycles. The molecule has 0 aromatic carbocycles. The third kappa shape index (κ3) is 7.97. The monoisotopic (exact) mass is 364 g/mol. The molecule has 0 heterocycles. The van der Waals surface area contributed by atoms with Gasteiger partial charge in [-0.2, -0.15) is 0 Å². The summed E-state index contributed by atoms with van der Waals surface area (Å²) in [5, 5.41) is 10.4. The summed E-state index contributed by atoms with van der Waals surface area (Å²) in [6, 6.07) is 0. The molecule has 0 fully saturated rings. The molecule has 0 aliphatic carbocycles. The minimum absolute atomic E-state index is 0.729. The van der Waals surface area contributed by atoms with Gasteiger partial charge in [0.2, 0.25) is 0 Å². The maximum Gasteiger partial charge on any atom is 0.303 e. The molecule has 0 aliphatic rings. The number of ether oxygens (including phenoxy) is 4. The van der Waals surface area contributed by atoms with Gasteiger partial charge in [-0.05, 0) is 0 Å². The number of esters is 4. The Balaban J connectivity index is 5.79. The molecule has 0 amide bonds. The normalized spacial score (nSPS) is 15.2. The number of hydrogen-bond donors (Lipinski definition) is 1. The van der Waals surface area contributed by atoms with E-state index in [1.165, 1.54) is 0 Å². The molecule has 136 valence electrons. The maximum absolute atomic E-state index is 11.4. The quantitative estimate of drug-likeness (QED) is 0.331. The lowest BCUT2D eigenvalue weighted by molar-refractivity contribution is -0.195. The van der Waals surface area contributed by atoms with Crippen LogP contribution < -0.4 is 0 Å². The summed E-state index contributed by atoms with van der Waals surface area (Å²) in [5.41, 5.74) is 0. The molecular formula is C14H20O9S. The fourth-order valence-electron chi connectivity index (χ4n) is 1.84. The first kappa shape index (κ1) is 21.9. The van der Waals surface area contributed by atoms with E-state index in [1.807, 2.05) is 0 Å². The molecule has 0 saturated carbocycles. The second-order valence-corrected chi connectivity index (χ2v) is 4.96. The largest absolute Gasteiger partial charge is 0.456 e. The van der Waals surface area contributed by atoms with Gasteiger partial charge in [-0.15, -0.1) is 0 Å². The van der Waals surface area contributed by atoms with Gasteiger partial charge in [-0.1, -0.05) is 12.2 Å². The number of carbonyl (C=O) groups is 4. The van der Waals surface area contributed by atoms with Gasteiger partial charge < -0.3 is 24.1 Å². The molecular weight excluding hydrogens is 344 g/mol. The average molecular weight is 364 g/mol. The third-order valence-electron chi connectivity index (χ3n) is 2.55.